The van der Waals surface area contributed by atoms with E-state index in [-0.39, 0.29) is 21.1 Å². The van der Waals surface area contributed by atoms with E-state index in [2.05, 4.69) is 10.6 Å². The molecule has 10 heteroatoms. The maximum absolute atomic E-state index is 12.8. The molecule has 2 aromatic rings. The van der Waals surface area contributed by atoms with Gasteiger partial charge >= 0.3 is 0 Å². The van der Waals surface area contributed by atoms with Crippen LogP contribution < -0.4 is 10.6 Å². The second-order valence-electron chi connectivity index (χ2n) is 6.65. The van der Waals surface area contributed by atoms with Gasteiger partial charge in [0.1, 0.15) is 4.90 Å². The van der Waals surface area contributed by atoms with Crippen molar-refractivity contribution in [2.45, 2.75) is 35.8 Å². The van der Waals surface area contributed by atoms with Crippen molar-refractivity contribution < 1.29 is 18.0 Å². The number of hydrogen-bond acceptors (Lipinski definition) is 5. The first-order chi connectivity index (χ1) is 14.2. The van der Waals surface area contributed by atoms with Crippen LogP contribution in [0.15, 0.2) is 46.2 Å². The minimum absolute atomic E-state index is 0.0613. The highest BCUT2D eigenvalue weighted by Gasteiger charge is 2.26. The van der Waals surface area contributed by atoms with Gasteiger partial charge in [0.05, 0.1) is 16.0 Å². The molecule has 1 heterocycles. The highest BCUT2D eigenvalue weighted by atomic mass is 35.5. The summed E-state index contributed by atoms with van der Waals surface area (Å²) >= 11 is 7.56. The summed E-state index contributed by atoms with van der Waals surface area (Å²) in [6, 6.07) is 9.38. The first kappa shape index (κ1) is 22.6. The molecule has 1 atom stereocenters. The number of nitrogens with zero attached hydrogens (tertiary/aromatic N) is 1. The van der Waals surface area contributed by atoms with Crippen molar-refractivity contribution >= 4 is 56.6 Å². The molecule has 2 N–H and O–H groups in total. The fourth-order valence-electron chi connectivity index (χ4n) is 3.03. The van der Waals surface area contributed by atoms with Crippen molar-refractivity contribution in [1.82, 2.24) is 4.31 Å². The number of anilines is 2. The van der Waals surface area contributed by atoms with Crippen LogP contribution >= 0.6 is 23.4 Å². The smallest absolute Gasteiger partial charge is 0.255 e. The zero-order valence-electron chi connectivity index (χ0n) is 16.7. The molecular formula is C20H22ClN3O4S2. The first-order valence-corrected chi connectivity index (χ1v) is 12.1. The Morgan fingerprint density at radius 2 is 1.90 bits per heavy atom. The van der Waals surface area contributed by atoms with E-state index in [1.807, 2.05) is 6.92 Å². The maximum Gasteiger partial charge on any atom is 0.255 e. The summed E-state index contributed by atoms with van der Waals surface area (Å²) in [5.74, 6) is -0.543. The normalized spacial score (nSPS) is 16.2. The summed E-state index contributed by atoms with van der Waals surface area (Å²) in [4.78, 5) is 25.4. The quantitative estimate of drug-likeness (QED) is 0.668. The van der Waals surface area contributed by atoms with Crippen molar-refractivity contribution in [2.75, 3.05) is 23.7 Å². The van der Waals surface area contributed by atoms with E-state index in [1.165, 1.54) is 28.2 Å². The van der Waals surface area contributed by atoms with Crippen LogP contribution in [-0.4, -0.2) is 42.9 Å². The van der Waals surface area contributed by atoms with Gasteiger partial charge in [0.2, 0.25) is 15.9 Å². The lowest BCUT2D eigenvalue weighted by Crippen LogP contribution is -2.30. The van der Waals surface area contributed by atoms with Crippen molar-refractivity contribution in [3.63, 3.8) is 0 Å². The van der Waals surface area contributed by atoms with Gasteiger partial charge in [0.25, 0.3) is 5.91 Å². The van der Waals surface area contributed by atoms with E-state index in [1.54, 1.807) is 38.1 Å². The third kappa shape index (κ3) is 4.49. The SMILES string of the molecule is CCN(CC)S(=O)(=O)c1cc(NC(=O)c2ccc3c(c2)NC(=O)[C@H](C)S3)ccc1Cl. The van der Waals surface area contributed by atoms with E-state index >= 15 is 0 Å². The van der Waals surface area contributed by atoms with Crippen molar-refractivity contribution in [3.8, 4) is 0 Å². The number of sulfonamides is 1. The second-order valence-corrected chi connectivity index (χ2v) is 10.3. The van der Waals surface area contributed by atoms with Gasteiger partial charge in [-0.1, -0.05) is 25.4 Å². The van der Waals surface area contributed by atoms with E-state index in [0.717, 1.165) is 4.90 Å². The van der Waals surface area contributed by atoms with E-state index in [9.17, 15) is 18.0 Å². The molecule has 160 valence electrons. The average molecular weight is 468 g/mol. The Morgan fingerprint density at radius 3 is 2.57 bits per heavy atom. The Labute approximate surface area is 185 Å². The van der Waals surface area contributed by atoms with E-state index in [0.29, 0.717) is 30.0 Å². The van der Waals surface area contributed by atoms with Gasteiger partial charge in [-0.15, -0.1) is 11.8 Å². The number of nitrogens with one attached hydrogen (secondary N) is 2. The molecule has 0 bridgehead atoms. The molecule has 1 aliphatic heterocycles. The third-order valence-electron chi connectivity index (χ3n) is 4.68. The molecule has 0 aliphatic carbocycles. The van der Waals surface area contributed by atoms with Crippen LogP contribution in [0.1, 0.15) is 31.1 Å². The van der Waals surface area contributed by atoms with Crippen LogP contribution in [0.25, 0.3) is 0 Å². The molecule has 0 fully saturated rings. The minimum atomic E-state index is -3.78. The van der Waals surface area contributed by atoms with Gasteiger partial charge in [-0.25, -0.2) is 8.42 Å². The molecule has 0 radical (unpaired) electrons. The maximum atomic E-state index is 12.8. The summed E-state index contributed by atoms with van der Waals surface area (Å²) in [5, 5.41) is 5.38. The lowest BCUT2D eigenvalue weighted by molar-refractivity contribution is -0.115. The zero-order chi connectivity index (χ0) is 22.1. The largest absolute Gasteiger partial charge is 0.324 e. The lowest BCUT2D eigenvalue weighted by Gasteiger charge is -2.22. The van der Waals surface area contributed by atoms with Crippen LogP contribution in [0.4, 0.5) is 11.4 Å². The summed E-state index contributed by atoms with van der Waals surface area (Å²) in [6.45, 7) is 5.92. The highest BCUT2D eigenvalue weighted by Crippen LogP contribution is 2.36. The van der Waals surface area contributed by atoms with Crippen LogP contribution in [0.5, 0.6) is 0 Å². The number of hydrogen-bond donors (Lipinski definition) is 2. The number of carbonyl (C=O) groups is 2. The minimum Gasteiger partial charge on any atom is -0.324 e. The van der Waals surface area contributed by atoms with E-state index < -0.39 is 15.9 Å². The predicted octanol–water partition coefficient (Wildman–Crippen LogP) is 4.06. The number of fused-ring (bicyclic) bond motifs is 1. The molecule has 0 unspecified atom stereocenters. The summed E-state index contributed by atoms with van der Waals surface area (Å²) < 4.78 is 27.0. The van der Waals surface area contributed by atoms with Gasteiger partial charge in [0.15, 0.2) is 0 Å². The van der Waals surface area contributed by atoms with Crippen LogP contribution in [0.3, 0.4) is 0 Å². The molecule has 7 nitrogen and oxygen atoms in total. The molecule has 0 saturated heterocycles. The highest BCUT2D eigenvalue weighted by molar-refractivity contribution is 8.01. The third-order valence-corrected chi connectivity index (χ3v) is 8.39. The monoisotopic (exact) mass is 467 g/mol. The molecule has 3 rings (SSSR count). The number of thioether (sulfide) groups is 1. The number of amides is 2. The molecule has 30 heavy (non-hydrogen) atoms. The second kappa shape index (κ2) is 8.97. The Morgan fingerprint density at radius 1 is 1.20 bits per heavy atom. The predicted molar refractivity (Wildman–Crippen MR) is 120 cm³/mol. The number of benzene rings is 2. The van der Waals surface area contributed by atoms with Gasteiger partial charge in [0, 0.05) is 29.2 Å². The Hall–Kier alpha value is -2.07. The van der Waals surface area contributed by atoms with Crippen LogP contribution in [0.2, 0.25) is 5.02 Å². The first-order valence-electron chi connectivity index (χ1n) is 9.40. The Bertz CT molecular complexity index is 1100. The topological polar surface area (TPSA) is 95.6 Å². The van der Waals surface area contributed by atoms with Crippen molar-refractivity contribution in [2.24, 2.45) is 0 Å². The van der Waals surface area contributed by atoms with Crippen LogP contribution in [0, 0.1) is 0 Å². The van der Waals surface area contributed by atoms with Crippen molar-refractivity contribution in [1.29, 1.82) is 0 Å². The molecule has 2 amide bonds. The van der Waals surface area contributed by atoms with Gasteiger partial charge in [-0.2, -0.15) is 4.31 Å². The molecule has 0 aromatic heterocycles. The average Bonchev–Trinajstić information content (AvgIpc) is 2.70. The summed E-state index contributed by atoms with van der Waals surface area (Å²) in [5.41, 5.74) is 1.23. The number of carbonyl (C=O) groups excluding carboxylic acids is 2. The fourth-order valence-corrected chi connectivity index (χ4v) is 5.92. The van der Waals surface area contributed by atoms with Gasteiger partial charge in [-0.3, -0.25) is 9.59 Å². The summed E-state index contributed by atoms with van der Waals surface area (Å²) in [7, 11) is -3.78. The standard InChI is InChI=1S/C20H22ClN3O4S2/c1-4-24(5-2)30(27,28)18-11-14(7-8-15(18)21)22-20(26)13-6-9-17-16(10-13)23-19(25)12(3)29-17/h6-12H,4-5H2,1-3H3,(H,22,26)(H,23,25)/t12-/m0/s1. The van der Waals surface area contributed by atoms with Crippen LogP contribution in [-0.2, 0) is 14.8 Å². The lowest BCUT2D eigenvalue weighted by atomic mass is 10.1. The number of halogens is 1. The molecule has 0 spiro atoms. The Kier molecular flexibility index (Phi) is 6.76. The molecular weight excluding hydrogens is 446 g/mol. The van der Waals surface area contributed by atoms with Crippen molar-refractivity contribution in [3.05, 3.63) is 47.0 Å². The summed E-state index contributed by atoms with van der Waals surface area (Å²) in [6.07, 6.45) is 0. The Balaban J connectivity index is 1.86. The van der Waals surface area contributed by atoms with Gasteiger partial charge in [-0.05, 0) is 43.3 Å². The number of rotatable bonds is 6. The molecule has 2 aromatic carbocycles. The molecule has 1 aliphatic rings. The molecule has 0 saturated carbocycles. The van der Waals surface area contributed by atoms with E-state index in [4.69, 9.17) is 11.6 Å². The zero-order valence-corrected chi connectivity index (χ0v) is 19.1. The fraction of sp³-hybridized carbons (Fsp3) is 0.300. The van der Waals surface area contributed by atoms with Gasteiger partial charge < -0.3 is 10.6 Å².